The number of hydrogen-bond acceptors (Lipinski definition) is 3. The molecule has 0 aromatic heterocycles. The molecule has 2 rings (SSSR count). The van der Waals surface area contributed by atoms with E-state index in [1.54, 1.807) is 7.11 Å². The number of benzene rings is 1. The Labute approximate surface area is 117 Å². The van der Waals surface area contributed by atoms with E-state index in [1.165, 1.54) is 12.1 Å². The van der Waals surface area contributed by atoms with Gasteiger partial charge in [-0.05, 0) is 31.0 Å². The smallest absolute Gasteiger partial charge is 0.169 e. The van der Waals surface area contributed by atoms with Crippen LogP contribution in [0, 0.1) is 17.6 Å². The van der Waals surface area contributed by atoms with Gasteiger partial charge in [0, 0.05) is 26.6 Å². The third-order valence-electron chi connectivity index (χ3n) is 3.68. The van der Waals surface area contributed by atoms with Crippen LogP contribution in [0.25, 0.3) is 0 Å². The Balaban J connectivity index is 1.85. The Hall–Kier alpha value is -1.33. The van der Waals surface area contributed by atoms with Gasteiger partial charge < -0.3 is 9.64 Å². The zero-order chi connectivity index (χ0) is 14.5. The molecular formula is C15H19F2NO2. The summed E-state index contributed by atoms with van der Waals surface area (Å²) in [6.07, 6.45) is 1.26. The van der Waals surface area contributed by atoms with Crippen molar-refractivity contribution in [1.82, 2.24) is 4.90 Å². The van der Waals surface area contributed by atoms with Crippen LogP contribution < -0.4 is 0 Å². The molecule has 1 aliphatic rings. The molecule has 110 valence electrons. The van der Waals surface area contributed by atoms with Crippen molar-refractivity contribution in [3.8, 4) is 0 Å². The Morgan fingerprint density at radius 2 is 2.25 bits per heavy atom. The molecule has 3 nitrogen and oxygen atoms in total. The summed E-state index contributed by atoms with van der Waals surface area (Å²) in [6.45, 7) is 3.12. The van der Waals surface area contributed by atoms with Crippen LogP contribution in [0.1, 0.15) is 23.2 Å². The first-order chi connectivity index (χ1) is 9.61. The van der Waals surface area contributed by atoms with Gasteiger partial charge in [-0.25, -0.2) is 8.78 Å². The molecule has 20 heavy (non-hydrogen) atoms. The Kier molecular flexibility index (Phi) is 5.20. The van der Waals surface area contributed by atoms with Crippen molar-refractivity contribution < 1.29 is 18.3 Å². The number of halogens is 2. The third kappa shape index (κ3) is 3.61. The van der Waals surface area contributed by atoms with Gasteiger partial charge >= 0.3 is 0 Å². The first-order valence-corrected chi connectivity index (χ1v) is 6.80. The molecule has 1 fully saturated rings. The lowest BCUT2D eigenvalue weighted by atomic mass is 10.1. The summed E-state index contributed by atoms with van der Waals surface area (Å²) >= 11 is 0. The highest BCUT2D eigenvalue weighted by molar-refractivity contribution is 5.96. The number of ether oxygens (including phenoxy) is 1. The summed E-state index contributed by atoms with van der Waals surface area (Å²) in [7, 11) is 1.68. The van der Waals surface area contributed by atoms with Crippen molar-refractivity contribution in [3.05, 3.63) is 35.4 Å². The van der Waals surface area contributed by atoms with Crippen molar-refractivity contribution in [2.75, 3.05) is 33.4 Å². The highest BCUT2D eigenvalue weighted by atomic mass is 19.2. The molecule has 1 aromatic rings. The molecule has 0 N–H and O–H groups in total. The number of carbonyl (C=O) groups is 1. The van der Waals surface area contributed by atoms with E-state index in [2.05, 4.69) is 4.90 Å². The Morgan fingerprint density at radius 1 is 1.45 bits per heavy atom. The highest BCUT2D eigenvalue weighted by Gasteiger charge is 2.23. The summed E-state index contributed by atoms with van der Waals surface area (Å²) < 4.78 is 31.7. The zero-order valence-corrected chi connectivity index (χ0v) is 11.6. The van der Waals surface area contributed by atoms with Gasteiger partial charge in [0.1, 0.15) is 0 Å². The number of methoxy groups -OCH3 is 1. The van der Waals surface area contributed by atoms with Gasteiger partial charge in [0.2, 0.25) is 0 Å². The fraction of sp³-hybridized carbons (Fsp3) is 0.533. The highest BCUT2D eigenvalue weighted by Crippen LogP contribution is 2.18. The van der Waals surface area contributed by atoms with E-state index in [0.717, 1.165) is 32.2 Å². The number of carbonyl (C=O) groups excluding carboxylic acids is 1. The monoisotopic (exact) mass is 283 g/mol. The fourth-order valence-corrected chi connectivity index (χ4v) is 2.60. The van der Waals surface area contributed by atoms with Gasteiger partial charge in [-0.1, -0.05) is 6.07 Å². The standard InChI is InChI=1S/C15H19F2NO2/c1-20-10-11-5-7-18(9-11)8-6-14(19)12-3-2-4-13(16)15(12)17/h2-4,11H,5-10H2,1H3. The minimum Gasteiger partial charge on any atom is -0.384 e. The summed E-state index contributed by atoms with van der Waals surface area (Å²) in [5, 5.41) is 0. The second-order valence-electron chi connectivity index (χ2n) is 5.19. The lowest BCUT2D eigenvalue weighted by Crippen LogP contribution is -2.25. The number of rotatable bonds is 6. The minimum absolute atomic E-state index is 0.155. The van der Waals surface area contributed by atoms with Gasteiger partial charge in [0.25, 0.3) is 0 Å². The molecular weight excluding hydrogens is 264 g/mol. The predicted octanol–water partition coefficient (Wildman–Crippen LogP) is 2.51. The average Bonchev–Trinajstić information content (AvgIpc) is 2.87. The lowest BCUT2D eigenvalue weighted by Gasteiger charge is -2.15. The van der Waals surface area contributed by atoms with Crippen LogP contribution in [-0.2, 0) is 4.74 Å². The van der Waals surface area contributed by atoms with Crippen LogP contribution in [-0.4, -0.2) is 44.0 Å². The quantitative estimate of drug-likeness (QED) is 0.751. The first-order valence-electron chi connectivity index (χ1n) is 6.80. The second kappa shape index (κ2) is 6.90. The topological polar surface area (TPSA) is 29.5 Å². The van der Waals surface area contributed by atoms with E-state index in [9.17, 15) is 13.6 Å². The van der Waals surface area contributed by atoms with Crippen LogP contribution in [0.5, 0.6) is 0 Å². The number of ketones is 1. The maximum absolute atomic E-state index is 13.5. The van der Waals surface area contributed by atoms with E-state index in [1.807, 2.05) is 0 Å². The van der Waals surface area contributed by atoms with Gasteiger partial charge in [0.15, 0.2) is 17.4 Å². The van der Waals surface area contributed by atoms with Crippen molar-refractivity contribution in [1.29, 1.82) is 0 Å². The van der Waals surface area contributed by atoms with Gasteiger partial charge in [0.05, 0.1) is 12.2 Å². The molecule has 0 spiro atoms. The van der Waals surface area contributed by atoms with Crippen molar-refractivity contribution >= 4 is 5.78 Å². The SMILES string of the molecule is COCC1CCN(CCC(=O)c2cccc(F)c2F)C1. The van der Waals surface area contributed by atoms with Crippen LogP contribution in [0.2, 0.25) is 0 Å². The maximum Gasteiger partial charge on any atom is 0.169 e. The third-order valence-corrected chi connectivity index (χ3v) is 3.68. The molecule has 0 amide bonds. The number of likely N-dealkylation sites (tertiary alicyclic amines) is 1. The maximum atomic E-state index is 13.5. The van der Waals surface area contributed by atoms with Crippen LogP contribution in [0.15, 0.2) is 18.2 Å². The van der Waals surface area contributed by atoms with Crippen molar-refractivity contribution in [2.24, 2.45) is 5.92 Å². The Bertz CT molecular complexity index is 479. The number of hydrogen-bond donors (Lipinski definition) is 0. The molecule has 0 radical (unpaired) electrons. The summed E-state index contributed by atoms with van der Waals surface area (Å²) in [4.78, 5) is 14.1. The molecule has 1 heterocycles. The predicted molar refractivity (Wildman–Crippen MR) is 71.7 cm³/mol. The van der Waals surface area contributed by atoms with E-state index in [0.29, 0.717) is 12.5 Å². The Morgan fingerprint density at radius 3 is 3.00 bits per heavy atom. The first kappa shape index (κ1) is 15.1. The molecule has 5 heteroatoms. The average molecular weight is 283 g/mol. The van der Waals surface area contributed by atoms with E-state index < -0.39 is 11.6 Å². The molecule has 1 atom stereocenters. The van der Waals surface area contributed by atoms with Crippen LogP contribution in [0.3, 0.4) is 0 Å². The molecule has 0 bridgehead atoms. The molecule has 1 unspecified atom stereocenters. The fourth-order valence-electron chi connectivity index (χ4n) is 2.60. The molecule has 1 saturated heterocycles. The second-order valence-corrected chi connectivity index (χ2v) is 5.19. The molecule has 0 saturated carbocycles. The minimum atomic E-state index is -1.05. The normalized spacial score (nSPS) is 19.4. The molecule has 1 aromatic carbocycles. The summed E-state index contributed by atoms with van der Waals surface area (Å²) in [5.74, 6) is -1.87. The summed E-state index contributed by atoms with van der Waals surface area (Å²) in [5.41, 5.74) is -0.155. The summed E-state index contributed by atoms with van der Waals surface area (Å²) in [6, 6.07) is 3.70. The number of nitrogens with zero attached hydrogens (tertiary/aromatic N) is 1. The van der Waals surface area contributed by atoms with Crippen LogP contribution in [0.4, 0.5) is 8.78 Å². The molecule has 1 aliphatic heterocycles. The van der Waals surface area contributed by atoms with Gasteiger partial charge in [-0.3, -0.25) is 4.79 Å². The molecule has 0 aliphatic carbocycles. The van der Waals surface area contributed by atoms with Crippen LogP contribution >= 0.6 is 0 Å². The largest absolute Gasteiger partial charge is 0.384 e. The van der Waals surface area contributed by atoms with E-state index in [4.69, 9.17) is 4.74 Å². The zero-order valence-electron chi connectivity index (χ0n) is 11.6. The van der Waals surface area contributed by atoms with Gasteiger partial charge in [-0.2, -0.15) is 0 Å². The van der Waals surface area contributed by atoms with Crippen molar-refractivity contribution in [2.45, 2.75) is 12.8 Å². The number of Topliss-reactive ketones (excluding diaryl/α,β-unsaturated/α-hetero) is 1. The van der Waals surface area contributed by atoms with Gasteiger partial charge in [-0.15, -0.1) is 0 Å². The lowest BCUT2D eigenvalue weighted by molar-refractivity contribution is 0.0961. The van der Waals surface area contributed by atoms with Crippen molar-refractivity contribution in [3.63, 3.8) is 0 Å². The van der Waals surface area contributed by atoms with E-state index >= 15 is 0 Å². The van der Waals surface area contributed by atoms with E-state index in [-0.39, 0.29) is 17.8 Å².